The summed E-state index contributed by atoms with van der Waals surface area (Å²) in [5, 5.41) is 64.5. The Bertz CT molecular complexity index is 579. The maximum absolute atomic E-state index is 11.5. The quantitative estimate of drug-likeness (QED) is 0.202. The first-order valence-electron chi connectivity index (χ1n) is 9.05. The van der Waals surface area contributed by atoms with E-state index in [-0.39, 0.29) is 0 Å². The maximum Gasteiger partial charge on any atom is 0.217 e. The molecule has 1 unspecified atom stereocenters. The first kappa shape index (κ1) is 23.9. The fraction of sp³-hybridized carbons (Fsp3) is 0.875. The number of ether oxygens (including phenoxy) is 3. The number of carbonyl (C=O) groups excluding carboxylic acids is 2. The molecule has 2 heterocycles. The Morgan fingerprint density at radius 3 is 1.86 bits per heavy atom. The molecule has 0 saturated carbocycles. The number of amides is 2. The number of aliphatic hydroxyl groups excluding tert-OH is 6. The molecule has 0 radical (unpaired) electrons. The van der Waals surface area contributed by atoms with E-state index in [4.69, 9.17) is 14.2 Å². The molecule has 0 aromatic carbocycles. The highest BCUT2D eigenvalue weighted by atomic mass is 16.7. The predicted octanol–water partition coefficient (Wildman–Crippen LogP) is -5.11. The average Bonchev–Trinajstić information content (AvgIpc) is 2.65. The fourth-order valence-electron chi connectivity index (χ4n) is 3.38. The molecule has 10 atom stereocenters. The highest BCUT2D eigenvalue weighted by molar-refractivity contribution is 5.73. The van der Waals surface area contributed by atoms with Gasteiger partial charge in [0, 0.05) is 13.8 Å². The smallest absolute Gasteiger partial charge is 0.217 e. The van der Waals surface area contributed by atoms with Crippen LogP contribution in [-0.4, -0.2) is 117 Å². The third-order valence-corrected chi connectivity index (χ3v) is 4.78. The second-order valence-corrected chi connectivity index (χ2v) is 7.00. The Hall–Kier alpha value is -1.42. The number of hydrogen-bond acceptors (Lipinski definition) is 11. The minimum absolute atomic E-state index is 0.576. The molecule has 0 bridgehead atoms. The molecule has 8 N–H and O–H groups in total. The topological polar surface area (TPSA) is 207 Å². The molecule has 0 spiro atoms. The largest absolute Gasteiger partial charge is 0.394 e. The van der Waals surface area contributed by atoms with E-state index in [9.17, 15) is 40.2 Å². The first-order chi connectivity index (χ1) is 13.6. The summed E-state index contributed by atoms with van der Waals surface area (Å²) in [5.41, 5.74) is 0. The van der Waals surface area contributed by atoms with Crippen LogP contribution in [0.2, 0.25) is 0 Å². The zero-order chi connectivity index (χ0) is 21.9. The third kappa shape index (κ3) is 5.39. The van der Waals surface area contributed by atoms with E-state index in [0.29, 0.717) is 0 Å². The van der Waals surface area contributed by atoms with E-state index in [2.05, 4.69) is 10.6 Å². The van der Waals surface area contributed by atoms with Crippen LogP contribution in [0, 0.1) is 0 Å². The molecule has 2 fully saturated rings. The van der Waals surface area contributed by atoms with Crippen LogP contribution in [0.25, 0.3) is 0 Å². The van der Waals surface area contributed by atoms with E-state index in [1.807, 2.05) is 0 Å². The molecular weight excluding hydrogens is 396 g/mol. The van der Waals surface area contributed by atoms with E-state index >= 15 is 0 Å². The van der Waals surface area contributed by atoms with Crippen LogP contribution in [0.5, 0.6) is 0 Å². The van der Waals surface area contributed by atoms with Gasteiger partial charge in [0.25, 0.3) is 0 Å². The molecule has 13 nitrogen and oxygen atoms in total. The lowest BCUT2D eigenvalue weighted by Gasteiger charge is -2.47. The zero-order valence-electron chi connectivity index (χ0n) is 15.9. The van der Waals surface area contributed by atoms with Gasteiger partial charge in [0.1, 0.15) is 48.7 Å². The SMILES string of the molecule is CC(=O)N[C@H]1[C@H](O[C@H]2[C@H](O)[C@@H](CO)OC(O)[C@@H]2NC(C)=O)O[C@H](CO)[C@H](O)[C@@H]1O. The number of aliphatic hydroxyl groups is 6. The van der Waals surface area contributed by atoms with E-state index in [1.165, 1.54) is 0 Å². The van der Waals surface area contributed by atoms with Crippen molar-refractivity contribution < 1.29 is 54.4 Å². The van der Waals surface area contributed by atoms with Crippen molar-refractivity contribution in [1.82, 2.24) is 10.6 Å². The molecule has 2 saturated heterocycles. The van der Waals surface area contributed by atoms with Crippen LogP contribution < -0.4 is 10.6 Å². The van der Waals surface area contributed by atoms with Crippen molar-refractivity contribution in [1.29, 1.82) is 0 Å². The van der Waals surface area contributed by atoms with Gasteiger partial charge in [-0.1, -0.05) is 0 Å². The summed E-state index contributed by atoms with van der Waals surface area (Å²) >= 11 is 0. The van der Waals surface area contributed by atoms with Gasteiger partial charge in [0.15, 0.2) is 12.6 Å². The minimum Gasteiger partial charge on any atom is -0.394 e. The van der Waals surface area contributed by atoms with Gasteiger partial charge >= 0.3 is 0 Å². The summed E-state index contributed by atoms with van der Waals surface area (Å²) in [6, 6.07) is -2.59. The van der Waals surface area contributed by atoms with E-state index < -0.39 is 86.3 Å². The normalized spacial score (nSPS) is 42.9. The van der Waals surface area contributed by atoms with Crippen LogP contribution >= 0.6 is 0 Å². The van der Waals surface area contributed by atoms with Gasteiger partial charge in [-0.2, -0.15) is 0 Å². The number of rotatable bonds is 6. The highest BCUT2D eigenvalue weighted by Crippen LogP contribution is 2.28. The predicted molar refractivity (Wildman–Crippen MR) is 91.8 cm³/mol. The van der Waals surface area contributed by atoms with Crippen LogP contribution in [0.4, 0.5) is 0 Å². The fourth-order valence-corrected chi connectivity index (χ4v) is 3.38. The summed E-state index contributed by atoms with van der Waals surface area (Å²) in [4.78, 5) is 23.0. The second-order valence-electron chi connectivity index (χ2n) is 7.00. The van der Waals surface area contributed by atoms with Crippen molar-refractivity contribution in [2.45, 2.75) is 75.1 Å². The van der Waals surface area contributed by atoms with E-state index in [1.54, 1.807) is 0 Å². The van der Waals surface area contributed by atoms with Crippen molar-refractivity contribution in [3.63, 3.8) is 0 Å². The number of carbonyl (C=O) groups is 2. The lowest BCUT2D eigenvalue weighted by atomic mass is 9.94. The molecule has 2 aliphatic heterocycles. The Morgan fingerprint density at radius 1 is 0.828 bits per heavy atom. The zero-order valence-corrected chi connectivity index (χ0v) is 15.9. The summed E-state index contributed by atoms with van der Waals surface area (Å²) < 4.78 is 16.2. The molecule has 0 aliphatic carbocycles. The lowest BCUT2D eigenvalue weighted by Crippen LogP contribution is -2.69. The van der Waals surface area contributed by atoms with Gasteiger partial charge in [-0.05, 0) is 0 Å². The van der Waals surface area contributed by atoms with Gasteiger partial charge in [-0.3, -0.25) is 9.59 Å². The van der Waals surface area contributed by atoms with E-state index in [0.717, 1.165) is 13.8 Å². The Balaban J connectivity index is 2.31. The molecule has 2 amide bonds. The number of nitrogens with one attached hydrogen (secondary N) is 2. The van der Waals surface area contributed by atoms with Gasteiger partial charge < -0.3 is 55.5 Å². The molecule has 0 aromatic heterocycles. The maximum atomic E-state index is 11.5. The molecule has 2 rings (SSSR count). The average molecular weight is 424 g/mol. The molecule has 0 aromatic rings. The Labute approximate surface area is 166 Å². The van der Waals surface area contributed by atoms with Gasteiger partial charge in [0.2, 0.25) is 11.8 Å². The Kier molecular flexibility index (Phi) is 8.28. The van der Waals surface area contributed by atoms with Crippen LogP contribution in [-0.2, 0) is 23.8 Å². The lowest BCUT2D eigenvalue weighted by molar-refractivity contribution is -0.323. The van der Waals surface area contributed by atoms with Crippen molar-refractivity contribution in [3.05, 3.63) is 0 Å². The summed E-state index contributed by atoms with van der Waals surface area (Å²) in [7, 11) is 0. The molecule has 2 aliphatic rings. The van der Waals surface area contributed by atoms with Gasteiger partial charge in [-0.25, -0.2) is 0 Å². The van der Waals surface area contributed by atoms with Crippen LogP contribution in [0.1, 0.15) is 13.8 Å². The standard InChI is InChI=1S/C16H28N2O11/c1-5(21)17-9-13(25)11(23)7(3-19)28-16(9)29-14-10(18-6(2)22)15(26)27-8(4-20)12(14)24/h7-16,19-20,23-26H,3-4H2,1-2H3,(H,17,21)(H,18,22)/t7-,8-,9-,10-,11+,12-,13-,14-,15?,16+/m1/s1. The van der Waals surface area contributed by atoms with Crippen LogP contribution in [0.3, 0.4) is 0 Å². The van der Waals surface area contributed by atoms with Crippen LogP contribution in [0.15, 0.2) is 0 Å². The third-order valence-electron chi connectivity index (χ3n) is 4.78. The molecular formula is C16H28N2O11. The van der Waals surface area contributed by atoms with Gasteiger partial charge in [-0.15, -0.1) is 0 Å². The second kappa shape index (κ2) is 10.1. The van der Waals surface area contributed by atoms with Crippen molar-refractivity contribution in [2.75, 3.05) is 13.2 Å². The van der Waals surface area contributed by atoms with Gasteiger partial charge in [0.05, 0.1) is 13.2 Å². The molecule has 29 heavy (non-hydrogen) atoms. The molecule has 168 valence electrons. The molecule has 13 heteroatoms. The number of hydrogen-bond donors (Lipinski definition) is 8. The highest BCUT2D eigenvalue weighted by Gasteiger charge is 2.51. The van der Waals surface area contributed by atoms with Crippen molar-refractivity contribution >= 4 is 11.8 Å². The monoisotopic (exact) mass is 424 g/mol. The van der Waals surface area contributed by atoms with Crippen molar-refractivity contribution in [2.24, 2.45) is 0 Å². The minimum atomic E-state index is -1.66. The Morgan fingerprint density at radius 2 is 1.34 bits per heavy atom. The first-order valence-corrected chi connectivity index (χ1v) is 9.05. The van der Waals surface area contributed by atoms with Crippen molar-refractivity contribution in [3.8, 4) is 0 Å². The summed E-state index contributed by atoms with van der Waals surface area (Å²) in [6.07, 6.45) is -11.8. The summed E-state index contributed by atoms with van der Waals surface area (Å²) in [5.74, 6) is -1.16. The summed E-state index contributed by atoms with van der Waals surface area (Å²) in [6.45, 7) is 0.959.